The van der Waals surface area contributed by atoms with Crippen molar-refractivity contribution in [1.82, 2.24) is 4.90 Å². The number of carbonyl (C=O) groups is 2. The lowest BCUT2D eigenvalue weighted by molar-refractivity contribution is -0.385. The summed E-state index contributed by atoms with van der Waals surface area (Å²) in [5, 5.41) is 22.4. The molecule has 1 fully saturated rings. The fourth-order valence-electron chi connectivity index (χ4n) is 4.28. The molecule has 2 atom stereocenters. The van der Waals surface area contributed by atoms with Crippen LogP contribution in [0.5, 0.6) is 0 Å². The van der Waals surface area contributed by atoms with Gasteiger partial charge >= 0.3 is 6.09 Å². The second kappa shape index (κ2) is 7.05. The van der Waals surface area contributed by atoms with Crippen LogP contribution in [0.3, 0.4) is 0 Å². The maximum absolute atomic E-state index is 13.0. The number of aliphatic hydroxyl groups is 1. The topological polar surface area (TPSA) is 110 Å². The number of ketones is 1. The van der Waals surface area contributed by atoms with Gasteiger partial charge in [0.25, 0.3) is 5.69 Å². The van der Waals surface area contributed by atoms with E-state index in [9.17, 15) is 24.8 Å². The number of fused-ring (bicyclic) bond motifs is 4. The van der Waals surface area contributed by atoms with E-state index in [0.29, 0.717) is 16.7 Å². The molecule has 0 aliphatic carbocycles. The van der Waals surface area contributed by atoms with Gasteiger partial charge in [-0.25, -0.2) is 4.79 Å². The molecule has 29 heavy (non-hydrogen) atoms. The third kappa shape index (κ3) is 2.93. The molecular weight excluding hydrogens is 376 g/mol. The number of piperidine rings is 1. The van der Waals surface area contributed by atoms with Gasteiger partial charge in [-0.05, 0) is 5.56 Å². The number of aliphatic hydroxyl groups excluding tert-OH is 1. The number of nitro benzene ring substituents is 1. The van der Waals surface area contributed by atoms with Crippen molar-refractivity contribution in [3.8, 4) is 0 Å². The fraction of sp³-hybridized carbons (Fsp3) is 0.238. The van der Waals surface area contributed by atoms with Crippen molar-refractivity contribution in [3.05, 3.63) is 80.9 Å². The van der Waals surface area contributed by atoms with E-state index in [2.05, 4.69) is 0 Å². The van der Waals surface area contributed by atoms with Crippen molar-refractivity contribution in [2.24, 2.45) is 0 Å². The molecule has 0 radical (unpaired) electrons. The SMILES string of the molecule is COC(=O)N1[C@@H]2Cc3c(cccc3[N+](=O)[O-])[C@H]1CC(=O)/C2=C(/O)c1ccccc1. The number of carbonyl (C=O) groups excluding carboxylic acids is 2. The van der Waals surface area contributed by atoms with E-state index in [4.69, 9.17) is 4.74 Å². The third-order valence-corrected chi connectivity index (χ3v) is 5.51. The van der Waals surface area contributed by atoms with Crippen LogP contribution in [0.15, 0.2) is 54.1 Å². The molecule has 1 N–H and O–H groups in total. The summed E-state index contributed by atoms with van der Waals surface area (Å²) in [4.78, 5) is 38.0. The van der Waals surface area contributed by atoms with Gasteiger partial charge in [0.2, 0.25) is 0 Å². The predicted octanol–water partition coefficient (Wildman–Crippen LogP) is 3.57. The highest BCUT2D eigenvalue weighted by molar-refractivity contribution is 6.05. The molecule has 8 heteroatoms. The predicted molar refractivity (Wildman–Crippen MR) is 103 cm³/mol. The van der Waals surface area contributed by atoms with Crippen molar-refractivity contribution in [2.75, 3.05) is 7.11 Å². The molecule has 2 aromatic carbocycles. The van der Waals surface area contributed by atoms with Crippen LogP contribution in [0, 0.1) is 10.1 Å². The maximum atomic E-state index is 13.0. The zero-order valence-electron chi connectivity index (χ0n) is 15.6. The molecule has 1 saturated heterocycles. The summed E-state index contributed by atoms with van der Waals surface area (Å²) >= 11 is 0. The number of ether oxygens (including phenoxy) is 1. The summed E-state index contributed by atoms with van der Waals surface area (Å²) < 4.78 is 4.93. The van der Waals surface area contributed by atoms with Gasteiger partial charge in [-0.1, -0.05) is 42.5 Å². The number of nitrogens with zero attached hydrogens (tertiary/aromatic N) is 2. The number of nitro groups is 1. The summed E-state index contributed by atoms with van der Waals surface area (Å²) in [6.45, 7) is 0. The molecule has 2 heterocycles. The molecule has 0 spiro atoms. The van der Waals surface area contributed by atoms with Gasteiger partial charge in [-0.15, -0.1) is 0 Å². The Morgan fingerprint density at radius 1 is 1.14 bits per heavy atom. The Hall–Kier alpha value is -3.68. The molecule has 2 aliphatic heterocycles. The van der Waals surface area contributed by atoms with E-state index in [0.717, 1.165) is 0 Å². The van der Waals surface area contributed by atoms with E-state index in [1.54, 1.807) is 42.5 Å². The summed E-state index contributed by atoms with van der Waals surface area (Å²) in [7, 11) is 1.24. The van der Waals surface area contributed by atoms with E-state index in [1.165, 1.54) is 18.1 Å². The maximum Gasteiger partial charge on any atom is 0.410 e. The number of hydrogen-bond acceptors (Lipinski definition) is 6. The number of methoxy groups -OCH3 is 1. The lowest BCUT2D eigenvalue weighted by Crippen LogP contribution is -2.53. The van der Waals surface area contributed by atoms with Crippen molar-refractivity contribution in [1.29, 1.82) is 0 Å². The Morgan fingerprint density at radius 2 is 1.86 bits per heavy atom. The first-order valence-electron chi connectivity index (χ1n) is 9.08. The van der Waals surface area contributed by atoms with Gasteiger partial charge in [-0.3, -0.25) is 19.8 Å². The van der Waals surface area contributed by atoms with E-state index < -0.39 is 23.1 Å². The fourth-order valence-corrected chi connectivity index (χ4v) is 4.28. The average Bonchev–Trinajstić information content (AvgIpc) is 2.72. The molecule has 0 unspecified atom stereocenters. The first-order chi connectivity index (χ1) is 13.9. The van der Waals surface area contributed by atoms with E-state index >= 15 is 0 Å². The number of hydrogen-bond donors (Lipinski definition) is 1. The zero-order chi connectivity index (χ0) is 20.7. The minimum atomic E-state index is -0.859. The van der Waals surface area contributed by atoms with E-state index in [1.807, 2.05) is 0 Å². The van der Waals surface area contributed by atoms with E-state index in [-0.39, 0.29) is 35.6 Å². The average molecular weight is 394 g/mol. The molecule has 8 nitrogen and oxygen atoms in total. The number of Topliss-reactive ketones (excluding diaryl/α,β-unsaturated/α-hetero) is 1. The van der Waals surface area contributed by atoms with Crippen molar-refractivity contribution >= 4 is 23.3 Å². The van der Waals surface area contributed by atoms with Crippen molar-refractivity contribution in [2.45, 2.75) is 24.9 Å². The van der Waals surface area contributed by atoms with Crippen molar-refractivity contribution in [3.63, 3.8) is 0 Å². The highest BCUT2D eigenvalue weighted by Crippen LogP contribution is 2.46. The second-order valence-electron chi connectivity index (χ2n) is 6.97. The van der Waals surface area contributed by atoms with Crippen LogP contribution in [0.2, 0.25) is 0 Å². The summed E-state index contributed by atoms with van der Waals surface area (Å²) in [5.41, 5.74) is 1.48. The summed E-state index contributed by atoms with van der Waals surface area (Å²) in [6, 6.07) is 11.6. The number of rotatable bonds is 2. The second-order valence-corrected chi connectivity index (χ2v) is 6.97. The quantitative estimate of drug-likeness (QED) is 0.361. The normalized spacial score (nSPS) is 22.0. The Kier molecular flexibility index (Phi) is 4.54. The number of amides is 1. The van der Waals surface area contributed by atoms with Gasteiger partial charge in [0, 0.05) is 30.0 Å². The van der Waals surface area contributed by atoms with Crippen LogP contribution >= 0.6 is 0 Å². The third-order valence-electron chi connectivity index (χ3n) is 5.51. The molecule has 2 aliphatic rings. The van der Waals surface area contributed by atoms with Crippen LogP contribution in [0.1, 0.15) is 29.2 Å². The minimum Gasteiger partial charge on any atom is -0.507 e. The molecular formula is C21H18N2O6. The molecule has 2 aromatic rings. The largest absolute Gasteiger partial charge is 0.507 e. The van der Waals surface area contributed by atoms with Gasteiger partial charge in [0.15, 0.2) is 5.78 Å². The molecule has 0 aromatic heterocycles. The Bertz CT molecular complexity index is 1050. The smallest absolute Gasteiger partial charge is 0.410 e. The molecule has 4 rings (SSSR count). The Balaban J connectivity index is 1.93. The van der Waals surface area contributed by atoms with Gasteiger partial charge in [0.05, 0.1) is 29.7 Å². The van der Waals surface area contributed by atoms with Crippen LogP contribution in [0.4, 0.5) is 10.5 Å². The van der Waals surface area contributed by atoms with Crippen LogP contribution in [-0.2, 0) is 16.0 Å². The van der Waals surface area contributed by atoms with Gasteiger partial charge in [-0.2, -0.15) is 0 Å². The monoisotopic (exact) mass is 394 g/mol. The van der Waals surface area contributed by atoms with Crippen molar-refractivity contribution < 1.29 is 24.4 Å². The van der Waals surface area contributed by atoms with Gasteiger partial charge < -0.3 is 9.84 Å². The van der Waals surface area contributed by atoms with Gasteiger partial charge in [0.1, 0.15) is 5.76 Å². The first kappa shape index (κ1) is 18.7. The van der Waals surface area contributed by atoms with Crippen LogP contribution in [0.25, 0.3) is 5.76 Å². The summed E-state index contributed by atoms with van der Waals surface area (Å²) in [5.74, 6) is -0.520. The zero-order valence-corrected chi connectivity index (χ0v) is 15.6. The number of benzene rings is 2. The molecule has 0 saturated carbocycles. The first-order valence-corrected chi connectivity index (χ1v) is 9.08. The molecule has 148 valence electrons. The lowest BCUT2D eigenvalue weighted by Gasteiger charge is -2.46. The molecule has 2 bridgehead atoms. The Morgan fingerprint density at radius 3 is 2.52 bits per heavy atom. The molecule has 1 amide bonds. The lowest BCUT2D eigenvalue weighted by atomic mass is 9.75. The van der Waals surface area contributed by atoms with Crippen LogP contribution in [-0.4, -0.2) is 40.0 Å². The van der Waals surface area contributed by atoms with Crippen LogP contribution < -0.4 is 0 Å². The highest BCUT2D eigenvalue weighted by atomic mass is 16.6. The minimum absolute atomic E-state index is 0.0378. The highest BCUT2D eigenvalue weighted by Gasteiger charge is 2.49. The standard InChI is InChI=1S/C21H18N2O6/c1-29-21(26)22-16-11-18(24)19(20(25)12-6-3-2-4-7-12)17(22)10-14-13(16)8-5-9-15(14)23(27)28/h2-9,16-17,25H,10-11H2,1H3/b20-19+/t16-,17-/m1/s1. The Labute approximate surface area is 166 Å². The summed E-state index contributed by atoms with van der Waals surface area (Å²) in [6.07, 6.45) is -0.704.